The highest BCUT2D eigenvalue weighted by Gasteiger charge is 2.17. The number of nitrogens with one attached hydrogen (secondary N) is 1. The summed E-state index contributed by atoms with van der Waals surface area (Å²) in [4.78, 5) is 16.6. The summed E-state index contributed by atoms with van der Waals surface area (Å²) in [5.41, 5.74) is 2.37. The second-order valence-corrected chi connectivity index (χ2v) is 8.92. The standard InChI is InChI=1S/C26H29N5O3S/c1-3-4-8-15-27-25(32)22-17-34-24(28-22)18-35-26-30-29-23(16-19-9-6-5-7-10-19)31(26)20-11-13-21(33-2)14-12-20/h5-7,9-14,17H,3-4,8,15-16,18H2,1-2H3,(H,27,32). The quantitative estimate of drug-likeness (QED) is 0.218. The van der Waals surface area contributed by atoms with Gasteiger partial charge >= 0.3 is 0 Å². The average molecular weight is 492 g/mol. The Morgan fingerprint density at radius 2 is 1.89 bits per heavy atom. The van der Waals surface area contributed by atoms with E-state index in [0.29, 0.717) is 35.5 Å². The lowest BCUT2D eigenvalue weighted by molar-refractivity contribution is 0.0948. The zero-order valence-corrected chi connectivity index (χ0v) is 20.8. The van der Waals surface area contributed by atoms with Crippen LogP contribution in [0.5, 0.6) is 5.75 Å². The topological polar surface area (TPSA) is 95.1 Å². The molecule has 4 aromatic rings. The van der Waals surface area contributed by atoms with Crippen LogP contribution in [-0.2, 0) is 12.2 Å². The molecular weight excluding hydrogens is 462 g/mol. The van der Waals surface area contributed by atoms with E-state index in [1.807, 2.05) is 47.0 Å². The Hall–Kier alpha value is -3.59. The first-order chi connectivity index (χ1) is 17.2. The van der Waals surface area contributed by atoms with Crippen molar-refractivity contribution in [1.29, 1.82) is 0 Å². The van der Waals surface area contributed by atoms with Gasteiger partial charge in [-0.25, -0.2) is 4.98 Å². The van der Waals surface area contributed by atoms with Gasteiger partial charge < -0.3 is 14.5 Å². The first kappa shape index (κ1) is 24.5. The third-order valence-electron chi connectivity index (χ3n) is 5.41. The van der Waals surface area contributed by atoms with E-state index in [1.54, 1.807) is 7.11 Å². The summed E-state index contributed by atoms with van der Waals surface area (Å²) in [6, 6.07) is 17.9. The van der Waals surface area contributed by atoms with Crippen molar-refractivity contribution < 1.29 is 13.9 Å². The number of hydrogen-bond acceptors (Lipinski definition) is 7. The predicted octanol–water partition coefficient (Wildman–Crippen LogP) is 5.07. The number of hydrogen-bond donors (Lipinski definition) is 1. The minimum Gasteiger partial charge on any atom is -0.497 e. The highest BCUT2D eigenvalue weighted by molar-refractivity contribution is 7.98. The Morgan fingerprint density at radius 3 is 2.63 bits per heavy atom. The molecule has 0 fully saturated rings. The minimum absolute atomic E-state index is 0.215. The van der Waals surface area contributed by atoms with Crippen LogP contribution in [0.25, 0.3) is 5.69 Å². The lowest BCUT2D eigenvalue weighted by Gasteiger charge is -2.11. The van der Waals surface area contributed by atoms with Crippen LogP contribution in [0, 0.1) is 0 Å². The molecule has 1 amide bonds. The van der Waals surface area contributed by atoms with Crippen LogP contribution in [0.4, 0.5) is 0 Å². The molecule has 0 aliphatic rings. The predicted molar refractivity (Wildman–Crippen MR) is 135 cm³/mol. The van der Waals surface area contributed by atoms with Crippen molar-refractivity contribution in [3.8, 4) is 11.4 Å². The van der Waals surface area contributed by atoms with Crippen molar-refractivity contribution in [1.82, 2.24) is 25.1 Å². The van der Waals surface area contributed by atoms with Crippen molar-refractivity contribution in [2.45, 2.75) is 43.5 Å². The van der Waals surface area contributed by atoms with E-state index in [2.05, 4.69) is 39.6 Å². The number of rotatable bonds is 12. The molecule has 0 unspecified atom stereocenters. The van der Waals surface area contributed by atoms with Crippen molar-refractivity contribution in [3.05, 3.63) is 83.8 Å². The van der Waals surface area contributed by atoms with Crippen molar-refractivity contribution in [3.63, 3.8) is 0 Å². The number of aromatic nitrogens is 4. The summed E-state index contributed by atoms with van der Waals surface area (Å²) >= 11 is 1.46. The fourth-order valence-electron chi connectivity index (χ4n) is 3.55. The molecule has 0 bridgehead atoms. The van der Waals surface area contributed by atoms with E-state index in [0.717, 1.165) is 42.1 Å². The number of nitrogens with zero attached hydrogens (tertiary/aromatic N) is 4. The number of carbonyl (C=O) groups is 1. The molecule has 9 heteroatoms. The van der Waals surface area contributed by atoms with Gasteiger partial charge in [0.15, 0.2) is 10.9 Å². The van der Waals surface area contributed by atoms with Crippen molar-refractivity contribution >= 4 is 17.7 Å². The summed E-state index contributed by atoms with van der Waals surface area (Å²) in [6.07, 6.45) is 5.19. The smallest absolute Gasteiger partial charge is 0.273 e. The van der Waals surface area contributed by atoms with Gasteiger partial charge in [-0.1, -0.05) is 61.9 Å². The highest BCUT2D eigenvalue weighted by atomic mass is 32.2. The van der Waals surface area contributed by atoms with Crippen LogP contribution in [0.1, 0.15) is 54.0 Å². The Bertz CT molecular complexity index is 1220. The Labute approximate surface area is 209 Å². The van der Waals surface area contributed by atoms with Crippen LogP contribution in [0.2, 0.25) is 0 Å². The van der Waals surface area contributed by atoms with E-state index in [1.165, 1.54) is 18.0 Å². The number of oxazole rings is 1. The number of unbranched alkanes of at least 4 members (excludes halogenated alkanes) is 2. The molecule has 0 aliphatic heterocycles. The van der Waals surface area contributed by atoms with Crippen molar-refractivity contribution in [2.24, 2.45) is 0 Å². The fourth-order valence-corrected chi connectivity index (χ4v) is 4.38. The third-order valence-corrected chi connectivity index (χ3v) is 6.32. The molecule has 0 atom stereocenters. The molecule has 4 rings (SSSR count). The molecular formula is C26H29N5O3S. The molecule has 0 aliphatic carbocycles. The summed E-state index contributed by atoms with van der Waals surface area (Å²) in [7, 11) is 1.64. The van der Waals surface area contributed by atoms with E-state index >= 15 is 0 Å². The number of amides is 1. The molecule has 0 spiro atoms. The van der Waals surface area contributed by atoms with Gasteiger partial charge in [0.05, 0.1) is 12.9 Å². The van der Waals surface area contributed by atoms with E-state index in [9.17, 15) is 4.79 Å². The number of benzene rings is 2. The largest absolute Gasteiger partial charge is 0.497 e. The van der Waals surface area contributed by atoms with Gasteiger partial charge in [-0.15, -0.1) is 10.2 Å². The van der Waals surface area contributed by atoms with Crippen LogP contribution in [-0.4, -0.2) is 39.3 Å². The van der Waals surface area contributed by atoms with Gasteiger partial charge in [-0.05, 0) is 36.2 Å². The molecule has 35 heavy (non-hydrogen) atoms. The summed E-state index contributed by atoms with van der Waals surface area (Å²) in [6.45, 7) is 2.77. The number of thioether (sulfide) groups is 1. The molecule has 182 valence electrons. The Morgan fingerprint density at radius 1 is 1.09 bits per heavy atom. The van der Waals surface area contributed by atoms with Crippen LogP contribution >= 0.6 is 11.8 Å². The first-order valence-corrected chi connectivity index (χ1v) is 12.6. The van der Waals surface area contributed by atoms with E-state index in [-0.39, 0.29) is 5.91 Å². The maximum atomic E-state index is 12.3. The second-order valence-electron chi connectivity index (χ2n) is 7.97. The molecule has 2 heterocycles. The summed E-state index contributed by atoms with van der Waals surface area (Å²) in [5, 5.41) is 12.5. The first-order valence-electron chi connectivity index (χ1n) is 11.7. The third kappa shape index (κ3) is 6.51. The molecule has 0 saturated heterocycles. The van der Waals surface area contributed by atoms with E-state index < -0.39 is 0 Å². The maximum absolute atomic E-state index is 12.3. The molecule has 0 saturated carbocycles. The number of ether oxygens (including phenoxy) is 1. The molecule has 8 nitrogen and oxygen atoms in total. The van der Waals surface area contributed by atoms with Crippen LogP contribution in [0.3, 0.4) is 0 Å². The zero-order valence-electron chi connectivity index (χ0n) is 19.9. The monoisotopic (exact) mass is 491 g/mol. The van der Waals surface area contributed by atoms with Gasteiger partial charge in [-0.2, -0.15) is 0 Å². The highest BCUT2D eigenvalue weighted by Crippen LogP contribution is 2.27. The summed E-state index contributed by atoms with van der Waals surface area (Å²) in [5.74, 6) is 2.27. The zero-order chi connectivity index (χ0) is 24.5. The molecule has 2 aromatic heterocycles. The summed E-state index contributed by atoms with van der Waals surface area (Å²) < 4.78 is 12.9. The SMILES string of the molecule is CCCCCNC(=O)c1coc(CSc2nnc(Cc3ccccc3)n2-c2ccc(OC)cc2)n1. The Kier molecular flexibility index (Phi) is 8.56. The molecule has 1 N–H and O–H groups in total. The Balaban J connectivity index is 1.49. The average Bonchev–Trinajstić information content (AvgIpc) is 3.53. The van der Waals surface area contributed by atoms with Gasteiger partial charge in [-0.3, -0.25) is 9.36 Å². The van der Waals surface area contributed by atoms with Crippen molar-refractivity contribution in [2.75, 3.05) is 13.7 Å². The number of methoxy groups -OCH3 is 1. The van der Waals surface area contributed by atoms with Gasteiger partial charge in [0, 0.05) is 18.7 Å². The minimum atomic E-state index is -0.215. The molecule has 0 radical (unpaired) electrons. The van der Waals surface area contributed by atoms with Crippen LogP contribution < -0.4 is 10.1 Å². The lowest BCUT2D eigenvalue weighted by atomic mass is 10.1. The fraction of sp³-hybridized carbons (Fsp3) is 0.308. The van der Waals surface area contributed by atoms with E-state index in [4.69, 9.17) is 9.15 Å². The maximum Gasteiger partial charge on any atom is 0.273 e. The van der Waals surface area contributed by atoms with Gasteiger partial charge in [0.1, 0.15) is 17.8 Å². The molecule has 2 aromatic carbocycles. The number of carbonyl (C=O) groups excluding carboxylic acids is 1. The second kappa shape index (κ2) is 12.2. The van der Waals surface area contributed by atoms with Gasteiger partial charge in [0.25, 0.3) is 5.91 Å². The van der Waals surface area contributed by atoms with Crippen LogP contribution in [0.15, 0.2) is 70.4 Å². The lowest BCUT2D eigenvalue weighted by Crippen LogP contribution is -2.24. The van der Waals surface area contributed by atoms with Gasteiger partial charge in [0.2, 0.25) is 5.89 Å². The normalized spacial score (nSPS) is 10.9.